The van der Waals surface area contributed by atoms with Gasteiger partial charge in [0, 0.05) is 16.5 Å². The standard InChI is InChI=1S/C21H19ClN4O4S/c1-28-15-5-4-11(22)6-14(15)25-18(27)9-31-21-20-19(23-10-24-21)12-7-16(29-2)17(30-3)8-13(12)26-20/h4-8,10,26H,9H2,1-3H3,(H,25,27). The van der Waals surface area contributed by atoms with E-state index in [0.717, 1.165) is 21.9 Å². The second-order valence-corrected chi connectivity index (χ2v) is 7.86. The molecule has 0 bridgehead atoms. The fourth-order valence-corrected chi connectivity index (χ4v) is 4.13. The number of aromatic amines is 1. The molecule has 4 aromatic rings. The van der Waals surface area contributed by atoms with E-state index >= 15 is 0 Å². The molecule has 0 saturated heterocycles. The van der Waals surface area contributed by atoms with Gasteiger partial charge in [0.1, 0.15) is 22.6 Å². The molecule has 0 unspecified atom stereocenters. The third kappa shape index (κ3) is 4.19. The quantitative estimate of drug-likeness (QED) is 0.310. The van der Waals surface area contributed by atoms with Crippen molar-refractivity contribution >= 4 is 56.9 Å². The summed E-state index contributed by atoms with van der Waals surface area (Å²) < 4.78 is 16.0. The number of hydrogen-bond donors (Lipinski definition) is 2. The van der Waals surface area contributed by atoms with Crippen molar-refractivity contribution in [3.63, 3.8) is 0 Å². The lowest BCUT2D eigenvalue weighted by molar-refractivity contribution is -0.113. The SMILES string of the molecule is COc1ccc(Cl)cc1NC(=O)CSc1ncnc2c1[nH]c1cc(OC)c(OC)cc12. The zero-order valence-electron chi connectivity index (χ0n) is 17.0. The maximum atomic E-state index is 12.5. The average molecular weight is 459 g/mol. The summed E-state index contributed by atoms with van der Waals surface area (Å²) in [5.74, 6) is 1.68. The van der Waals surface area contributed by atoms with Crippen molar-refractivity contribution in [2.75, 3.05) is 32.4 Å². The van der Waals surface area contributed by atoms with Gasteiger partial charge in [-0.05, 0) is 24.3 Å². The molecular formula is C21H19ClN4O4S. The highest BCUT2D eigenvalue weighted by atomic mass is 35.5. The normalized spacial score (nSPS) is 11.0. The van der Waals surface area contributed by atoms with Crippen LogP contribution in [0.25, 0.3) is 21.9 Å². The highest BCUT2D eigenvalue weighted by Crippen LogP contribution is 2.37. The largest absolute Gasteiger partial charge is 0.495 e. The second kappa shape index (κ2) is 8.91. The fraction of sp³-hybridized carbons (Fsp3) is 0.190. The molecule has 0 radical (unpaired) electrons. The molecule has 160 valence electrons. The van der Waals surface area contributed by atoms with Crippen LogP contribution >= 0.6 is 23.4 Å². The van der Waals surface area contributed by atoms with Gasteiger partial charge in [0.15, 0.2) is 11.5 Å². The summed E-state index contributed by atoms with van der Waals surface area (Å²) in [6.45, 7) is 0. The number of fused-ring (bicyclic) bond motifs is 3. The Hall–Kier alpha value is -3.17. The number of thioether (sulfide) groups is 1. The number of H-pyrrole nitrogens is 1. The predicted molar refractivity (Wildman–Crippen MR) is 122 cm³/mol. The Morgan fingerprint density at radius 2 is 1.81 bits per heavy atom. The molecule has 31 heavy (non-hydrogen) atoms. The lowest BCUT2D eigenvalue weighted by Gasteiger charge is -2.10. The molecule has 2 heterocycles. The van der Waals surface area contributed by atoms with Crippen LogP contribution in [0.5, 0.6) is 17.2 Å². The third-order valence-electron chi connectivity index (χ3n) is 4.63. The van der Waals surface area contributed by atoms with Crippen molar-refractivity contribution < 1.29 is 19.0 Å². The van der Waals surface area contributed by atoms with Gasteiger partial charge in [-0.25, -0.2) is 9.97 Å². The number of amides is 1. The highest BCUT2D eigenvalue weighted by molar-refractivity contribution is 8.00. The van der Waals surface area contributed by atoms with Gasteiger partial charge < -0.3 is 24.5 Å². The summed E-state index contributed by atoms with van der Waals surface area (Å²) in [5, 5.41) is 4.87. The minimum atomic E-state index is -0.211. The van der Waals surface area contributed by atoms with E-state index in [1.807, 2.05) is 12.1 Å². The van der Waals surface area contributed by atoms with Crippen LogP contribution in [0.4, 0.5) is 5.69 Å². The van der Waals surface area contributed by atoms with Gasteiger partial charge in [-0.2, -0.15) is 0 Å². The average Bonchev–Trinajstić information content (AvgIpc) is 3.15. The maximum Gasteiger partial charge on any atom is 0.234 e. The monoisotopic (exact) mass is 458 g/mol. The van der Waals surface area contributed by atoms with Gasteiger partial charge in [-0.1, -0.05) is 23.4 Å². The van der Waals surface area contributed by atoms with Gasteiger partial charge in [-0.3, -0.25) is 4.79 Å². The highest BCUT2D eigenvalue weighted by Gasteiger charge is 2.16. The minimum absolute atomic E-state index is 0.143. The molecule has 0 atom stereocenters. The molecule has 0 spiro atoms. The number of methoxy groups -OCH3 is 3. The van der Waals surface area contributed by atoms with E-state index in [0.29, 0.717) is 33.0 Å². The number of carbonyl (C=O) groups is 1. The number of rotatable bonds is 7. The van der Waals surface area contributed by atoms with E-state index in [-0.39, 0.29) is 11.7 Å². The fourth-order valence-electron chi connectivity index (χ4n) is 3.21. The number of ether oxygens (including phenoxy) is 3. The van der Waals surface area contributed by atoms with Crippen LogP contribution in [0.15, 0.2) is 41.7 Å². The molecule has 0 fully saturated rings. The number of anilines is 1. The number of nitrogens with zero attached hydrogens (tertiary/aromatic N) is 2. The van der Waals surface area contributed by atoms with E-state index in [2.05, 4.69) is 20.3 Å². The summed E-state index contributed by atoms with van der Waals surface area (Å²) in [5.41, 5.74) is 2.83. The van der Waals surface area contributed by atoms with Crippen molar-refractivity contribution in [2.45, 2.75) is 5.03 Å². The summed E-state index contributed by atoms with van der Waals surface area (Å²) in [7, 11) is 4.70. The molecule has 8 nitrogen and oxygen atoms in total. The zero-order chi connectivity index (χ0) is 22.0. The first-order chi connectivity index (χ1) is 15.0. The molecule has 0 saturated carbocycles. The number of nitrogens with one attached hydrogen (secondary N) is 2. The van der Waals surface area contributed by atoms with Gasteiger partial charge in [0.05, 0.1) is 43.8 Å². The molecule has 0 aliphatic heterocycles. The lowest BCUT2D eigenvalue weighted by Crippen LogP contribution is -2.14. The molecule has 1 amide bonds. The number of carbonyl (C=O) groups excluding carboxylic acids is 1. The van der Waals surface area contributed by atoms with E-state index in [1.54, 1.807) is 32.4 Å². The van der Waals surface area contributed by atoms with Gasteiger partial charge in [0.2, 0.25) is 5.91 Å². The molecule has 0 aliphatic carbocycles. The van der Waals surface area contributed by atoms with Crippen LogP contribution in [-0.2, 0) is 4.79 Å². The summed E-state index contributed by atoms with van der Waals surface area (Å²) in [4.78, 5) is 24.6. The van der Waals surface area contributed by atoms with Crippen LogP contribution in [-0.4, -0.2) is 47.9 Å². The Morgan fingerprint density at radius 3 is 2.55 bits per heavy atom. The number of benzene rings is 2. The Morgan fingerprint density at radius 1 is 1.06 bits per heavy atom. The van der Waals surface area contributed by atoms with Crippen molar-refractivity contribution in [3.8, 4) is 17.2 Å². The Bertz CT molecular complexity index is 1280. The Labute approximate surface area is 187 Å². The van der Waals surface area contributed by atoms with Crippen LogP contribution in [0.2, 0.25) is 5.02 Å². The Kier molecular flexibility index (Phi) is 6.06. The molecule has 4 rings (SSSR count). The first-order valence-corrected chi connectivity index (χ1v) is 10.5. The molecular weight excluding hydrogens is 440 g/mol. The predicted octanol–water partition coefficient (Wildman–Crippen LogP) is 4.52. The van der Waals surface area contributed by atoms with Gasteiger partial charge >= 0.3 is 0 Å². The van der Waals surface area contributed by atoms with E-state index < -0.39 is 0 Å². The van der Waals surface area contributed by atoms with Crippen LogP contribution < -0.4 is 19.5 Å². The lowest BCUT2D eigenvalue weighted by atomic mass is 10.2. The first-order valence-electron chi connectivity index (χ1n) is 9.18. The van der Waals surface area contributed by atoms with Gasteiger partial charge in [0.25, 0.3) is 0 Å². The van der Waals surface area contributed by atoms with Crippen molar-refractivity contribution in [1.82, 2.24) is 15.0 Å². The van der Waals surface area contributed by atoms with E-state index in [4.69, 9.17) is 25.8 Å². The van der Waals surface area contributed by atoms with E-state index in [1.165, 1.54) is 25.2 Å². The zero-order valence-corrected chi connectivity index (χ0v) is 18.6. The number of hydrogen-bond acceptors (Lipinski definition) is 7. The first kappa shape index (κ1) is 21.1. The van der Waals surface area contributed by atoms with Crippen molar-refractivity contribution in [1.29, 1.82) is 0 Å². The van der Waals surface area contributed by atoms with Gasteiger partial charge in [-0.15, -0.1) is 0 Å². The number of halogens is 1. The van der Waals surface area contributed by atoms with Crippen LogP contribution in [0.3, 0.4) is 0 Å². The van der Waals surface area contributed by atoms with E-state index in [9.17, 15) is 4.79 Å². The number of aromatic nitrogens is 3. The maximum absolute atomic E-state index is 12.5. The molecule has 2 N–H and O–H groups in total. The van der Waals surface area contributed by atoms with Crippen LogP contribution in [0, 0.1) is 0 Å². The molecule has 0 aliphatic rings. The smallest absolute Gasteiger partial charge is 0.234 e. The Balaban J connectivity index is 1.59. The minimum Gasteiger partial charge on any atom is -0.495 e. The summed E-state index contributed by atoms with van der Waals surface area (Å²) >= 11 is 7.33. The van der Waals surface area contributed by atoms with Crippen LogP contribution in [0.1, 0.15) is 0 Å². The molecule has 2 aromatic carbocycles. The topological polar surface area (TPSA) is 98.4 Å². The summed E-state index contributed by atoms with van der Waals surface area (Å²) in [6, 6.07) is 8.76. The third-order valence-corrected chi connectivity index (χ3v) is 5.85. The molecule has 10 heteroatoms. The second-order valence-electron chi connectivity index (χ2n) is 6.46. The molecule has 2 aromatic heterocycles. The summed E-state index contributed by atoms with van der Waals surface area (Å²) in [6.07, 6.45) is 1.48. The van der Waals surface area contributed by atoms with Crippen molar-refractivity contribution in [2.24, 2.45) is 0 Å². The van der Waals surface area contributed by atoms with Crippen molar-refractivity contribution in [3.05, 3.63) is 41.7 Å².